The van der Waals surface area contributed by atoms with Crippen LogP contribution in [0.4, 0.5) is 0 Å². The second-order valence-corrected chi connectivity index (χ2v) is 7.04. The number of fused-ring (bicyclic) bond motifs is 1. The molecule has 2 heterocycles. The summed E-state index contributed by atoms with van der Waals surface area (Å²) in [6, 6.07) is 17.2. The summed E-state index contributed by atoms with van der Waals surface area (Å²) in [5, 5.41) is 13.7. The zero-order valence-corrected chi connectivity index (χ0v) is 14.6. The lowest BCUT2D eigenvalue weighted by Crippen LogP contribution is -2.31. The number of benzene rings is 2. The minimum Gasteiger partial charge on any atom is -0.508 e. The van der Waals surface area contributed by atoms with Crippen molar-refractivity contribution in [3.05, 3.63) is 65.9 Å². The molecule has 1 atom stereocenters. The number of amides is 1. The SMILES string of the molecule is O=C(NCC1CCN(Cc2cccc(O)c2)C1)c1cc2ccccc2[nH]1. The summed E-state index contributed by atoms with van der Waals surface area (Å²) >= 11 is 0. The monoisotopic (exact) mass is 349 g/mol. The number of H-pyrrole nitrogens is 1. The molecule has 0 aliphatic carbocycles. The van der Waals surface area contributed by atoms with E-state index in [1.54, 1.807) is 6.07 Å². The van der Waals surface area contributed by atoms with Crippen LogP contribution in [0.3, 0.4) is 0 Å². The molecule has 0 spiro atoms. The number of hydrogen-bond donors (Lipinski definition) is 3. The van der Waals surface area contributed by atoms with Gasteiger partial charge in [-0.05, 0) is 48.7 Å². The van der Waals surface area contributed by atoms with Crippen molar-refractivity contribution in [2.75, 3.05) is 19.6 Å². The van der Waals surface area contributed by atoms with Gasteiger partial charge in [0, 0.05) is 30.5 Å². The normalized spacial score (nSPS) is 17.6. The molecule has 1 aromatic heterocycles. The van der Waals surface area contributed by atoms with Crippen LogP contribution in [-0.2, 0) is 6.54 Å². The summed E-state index contributed by atoms with van der Waals surface area (Å²) in [6.45, 7) is 3.50. The molecule has 1 unspecified atom stereocenters. The third kappa shape index (κ3) is 3.73. The number of rotatable bonds is 5. The first-order valence-electron chi connectivity index (χ1n) is 9.03. The van der Waals surface area contributed by atoms with Gasteiger partial charge < -0.3 is 15.4 Å². The smallest absolute Gasteiger partial charge is 0.267 e. The molecular formula is C21H23N3O2. The number of phenolic OH excluding ortho intramolecular Hbond substituents is 1. The van der Waals surface area contributed by atoms with Gasteiger partial charge in [-0.15, -0.1) is 0 Å². The molecule has 1 aliphatic rings. The number of para-hydroxylation sites is 1. The summed E-state index contributed by atoms with van der Waals surface area (Å²) in [6.07, 6.45) is 1.08. The van der Waals surface area contributed by atoms with Crippen LogP contribution in [0.1, 0.15) is 22.5 Å². The molecule has 3 N–H and O–H groups in total. The molecule has 0 bridgehead atoms. The van der Waals surface area contributed by atoms with Crippen molar-refractivity contribution >= 4 is 16.8 Å². The first kappa shape index (κ1) is 16.7. The molecule has 134 valence electrons. The Morgan fingerprint density at radius 3 is 2.92 bits per heavy atom. The van der Waals surface area contributed by atoms with Gasteiger partial charge in [0.05, 0.1) is 0 Å². The number of phenols is 1. The molecule has 0 radical (unpaired) electrons. The van der Waals surface area contributed by atoms with Gasteiger partial charge >= 0.3 is 0 Å². The summed E-state index contributed by atoms with van der Waals surface area (Å²) in [5.41, 5.74) is 2.71. The Bertz CT molecular complexity index is 885. The van der Waals surface area contributed by atoms with E-state index >= 15 is 0 Å². The van der Waals surface area contributed by atoms with Gasteiger partial charge in [-0.25, -0.2) is 0 Å². The Morgan fingerprint density at radius 2 is 2.08 bits per heavy atom. The number of carbonyl (C=O) groups is 1. The Hall–Kier alpha value is -2.79. The van der Waals surface area contributed by atoms with Crippen LogP contribution in [0.15, 0.2) is 54.6 Å². The van der Waals surface area contributed by atoms with Crippen LogP contribution in [0.25, 0.3) is 10.9 Å². The van der Waals surface area contributed by atoms with Crippen molar-refractivity contribution in [2.45, 2.75) is 13.0 Å². The maximum Gasteiger partial charge on any atom is 0.267 e. The highest BCUT2D eigenvalue weighted by atomic mass is 16.3. The van der Waals surface area contributed by atoms with E-state index in [4.69, 9.17) is 0 Å². The third-order valence-electron chi connectivity index (χ3n) is 5.01. The lowest BCUT2D eigenvalue weighted by Gasteiger charge is -2.16. The fourth-order valence-electron chi connectivity index (χ4n) is 3.66. The number of nitrogens with one attached hydrogen (secondary N) is 2. The molecule has 0 saturated carbocycles. The second kappa shape index (κ2) is 7.22. The van der Waals surface area contributed by atoms with Crippen LogP contribution in [-0.4, -0.2) is 40.5 Å². The molecule has 3 aromatic rings. The van der Waals surface area contributed by atoms with E-state index in [9.17, 15) is 9.90 Å². The summed E-state index contributed by atoms with van der Waals surface area (Å²) < 4.78 is 0. The van der Waals surface area contributed by atoms with Crippen molar-refractivity contribution in [3.63, 3.8) is 0 Å². The lowest BCUT2D eigenvalue weighted by atomic mass is 10.1. The number of carbonyl (C=O) groups excluding carboxylic acids is 1. The van der Waals surface area contributed by atoms with E-state index in [0.29, 0.717) is 23.9 Å². The highest BCUT2D eigenvalue weighted by molar-refractivity contribution is 5.97. The zero-order chi connectivity index (χ0) is 17.9. The average molecular weight is 349 g/mol. The maximum absolute atomic E-state index is 12.4. The molecular weight excluding hydrogens is 326 g/mol. The van der Waals surface area contributed by atoms with E-state index in [0.717, 1.165) is 42.5 Å². The van der Waals surface area contributed by atoms with Crippen LogP contribution < -0.4 is 5.32 Å². The average Bonchev–Trinajstić information content (AvgIpc) is 3.26. The van der Waals surface area contributed by atoms with Crippen molar-refractivity contribution in [3.8, 4) is 5.75 Å². The van der Waals surface area contributed by atoms with Crippen LogP contribution in [0.5, 0.6) is 5.75 Å². The maximum atomic E-state index is 12.4. The number of aromatic amines is 1. The quantitative estimate of drug-likeness (QED) is 0.663. The summed E-state index contributed by atoms with van der Waals surface area (Å²) in [7, 11) is 0. The van der Waals surface area contributed by atoms with Crippen molar-refractivity contribution in [1.29, 1.82) is 0 Å². The van der Waals surface area contributed by atoms with Crippen LogP contribution in [0.2, 0.25) is 0 Å². The fourth-order valence-corrected chi connectivity index (χ4v) is 3.66. The number of nitrogens with zero attached hydrogens (tertiary/aromatic N) is 1. The number of aromatic nitrogens is 1. The van der Waals surface area contributed by atoms with Gasteiger partial charge in [0.2, 0.25) is 0 Å². The van der Waals surface area contributed by atoms with E-state index in [2.05, 4.69) is 15.2 Å². The molecule has 1 aliphatic heterocycles. The van der Waals surface area contributed by atoms with Crippen LogP contribution >= 0.6 is 0 Å². The van der Waals surface area contributed by atoms with Gasteiger partial charge in [0.15, 0.2) is 0 Å². The molecule has 4 rings (SSSR count). The molecule has 2 aromatic carbocycles. The van der Waals surface area contributed by atoms with Crippen molar-refractivity contribution in [2.24, 2.45) is 5.92 Å². The van der Waals surface area contributed by atoms with E-state index < -0.39 is 0 Å². The van der Waals surface area contributed by atoms with E-state index in [-0.39, 0.29) is 5.91 Å². The largest absolute Gasteiger partial charge is 0.508 e. The molecule has 5 nitrogen and oxygen atoms in total. The van der Waals surface area contributed by atoms with Gasteiger partial charge in [0.1, 0.15) is 11.4 Å². The van der Waals surface area contributed by atoms with Crippen molar-refractivity contribution < 1.29 is 9.90 Å². The standard InChI is InChI=1S/C21H23N3O2/c25-18-6-3-4-15(10-18)13-24-9-8-16(14-24)12-22-21(26)20-11-17-5-1-2-7-19(17)23-20/h1-7,10-11,16,23,25H,8-9,12-14H2,(H,22,26). The van der Waals surface area contributed by atoms with Gasteiger partial charge in [-0.2, -0.15) is 0 Å². The second-order valence-electron chi connectivity index (χ2n) is 7.04. The molecule has 5 heteroatoms. The minimum absolute atomic E-state index is 0.0485. The summed E-state index contributed by atoms with van der Waals surface area (Å²) in [5.74, 6) is 0.720. The zero-order valence-electron chi connectivity index (χ0n) is 14.6. The van der Waals surface area contributed by atoms with Gasteiger partial charge in [-0.3, -0.25) is 9.69 Å². The first-order valence-corrected chi connectivity index (χ1v) is 9.03. The highest BCUT2D eigenvalue weighted by Crippen LogP contribution is 2.20. The third-order valence-corrected chi connectivity index (χ3v) is 5.01. The number of likely N-dealkylation sites (tertiary alicyclic amines) is 1. The highest BCUT2D eigenvalue weighted by Gasteiger charge is 2.23. The van der Waals surface area contributed by atoms with Gasteiger partial charge in [0.25, 0.3) is 5.91 Å². The van der Waals surface area contributed by atoms with E-state index in [1.807, 2.05) is 48.5 Å². The Balaban J connectivity index is 1.29. The predicted molar refractivity (Wildman–Crippen MR) is 102 cm³/mol. The number of hydrogen-bond acceptors (Lipinski definition) is 3. The lowest BCUT2D eigenvalue weighted by molar-refractivity contribution is 0.0943. The Labute approximate surface area is 152 Å². The Kier molecular flexibility index (Phi) is 4.63. The fraction of sp³-hybridized carbons (Fsp3) is 0.286. The van der Waals surface area contributed by atoms with Crippen molar-refractivity contribution in [1.82, 2.24) is 15.2 Å². The number of aromatic hydroxyl groups is 1. The van der Waals surface area contributed by atoms with Gasteiger partial charge in [-0.1, -0.05) is 30.3 Å². The molecule has 1 saturated heterocycles. The first-order chi connectivity index (χ1) is 12.7. The van der Waals surface area contributed by atoms with E-state index in [1.165, 1.54) is 0 Å². The molecule has 26 heavy (non-hydrogen) atoms. The summed E-state index contributed by atoms with van der Waals surface area (Å²) in [4.78, 5) is 17.9. The van der Waals surface area contributed by atoms with Crippen LogP contribution in [0, 0.1) is 5.92 Å². The predicted octanol–water partition coefficient (Wildman–Crippen LogP) is 3.13. The topological polar surface area (TPSA) is 68.4 Å². The molecule has 1 amide bonds. The molecule has 1 fully saturated rings. The minimum atomic E-state index is -0.0485. The Morgan fingerprint density at radius 1 is 1.19 bits per heavy atom.